The number of pyridine rings is 1. The summed E-state index contributed by atoms with van der Waals surface area (Å²) in [5.74, 6) is 0. The maximum absolute atomic E-state index is 10.5. The third-order valence-corrected chi connectivity index (χ3v) is 4.07. The minimum atomic E-state index is -0.993. The second-order valence-corrected chi connectivity index (χ2v) is 5.05. The minimum Gasteiger partial charge on any atom is -0.381 e. The first-order valence-electron chi connectivity index (χ1n) is 4.47. The summed E-state index contributed by atoms with van der Waals surface area (Å²) in [7, 11) is 0. The molecular weight excluding hydrogens is 274 g/mol. The largest absolute Gasteiger partial charge is 0.381 e. The molecule has 2 aromatic heterocycles. The van der Waals surface area contributed by atoms with Gasteiger partial charge in [-0.1, -0.05) is 6.07 Å². The molecule has 4 heteroatoms. The normalized spacial score (nSPS) is 14.9. The van der Waals surface area contributed by atoms with Crippen LogP contribution < -0.4 is 0 Å². The van der Waals surface area contributed by atoms with Crippen molar-refractivity contribution in [2.45, 2.75) is 12.5 Å². The van der Waals surface area contributed by atoms with Crippen LogP contribution in [0.1, 0.15) is 18.1 Å². The molecule has 0 aliphatic rings. The summed E-state index contributed by atoms with van der Waals surface area (Å²) in [5, 5.41) is 14.4. The van der Waals surface area contributed by atoms with Crippen LogP contribution in [0.4, 0.5) is 0 Å². The van der Waals surface area contributed by atoms with E-state index in [1.165, 1.54) is 0 Å². The molecule has 0 aliphatic heterocycles. The Bertz CT molecular complexity index is 453. The van der Waals surface area contributed by atoms with Crippen LogP contribution in [0.5, 0.6) is 0 Å². The lowest BCUT2D eigenvalue weighted by Crippen LogP contribution is -2.22. The van der Waals surface area contributed by atoms with Crippen molar-refractivity contribution in [1.29, 1.82) is 0 Å². The van der Waals surface area contributed by atoms with E-state index in [4.69, 9.17) is 0 Å². The number of halogens is 1. The molecule has 0 amide bonds. The SMILES string of the molecule is CC(O)(c1cccnc1)c1cscc1Br. The average molecular weight is 284 g/mol. The molecule has 0 aromatic carbocycles. The zero-order valence-electron chi connectivity index (χ0n) is 8.14. The summed E-state index contributed by atoms with van der Waals surface area (Å²) >= 11 is 4.99. The van der Waals surface area contributed by atoms with E-state index in [2.05, 4.69) is 20.9 Å². The molecule has 2 rings (SSSR count). The molecule has 2 nitrogen and oxygen atoms in total. The van der Waals surface area contributed by atoms with Crippen LogP contribution in [-0.2, 0) is 5.60 Å². The molecule has 0 aliphatic carbocycles. The third kappa shape index (κ3) is 1.97. The molecule has 0 spiro atoms. The van der Waals surface area contributed by atoms with Crippen molar-refractivity contribution in [2.24, 2.45) is 0 Å². The zero-order valence-corrected chi connectivity index (χ0v) is 10.5. The zero-order chi connectivity index (χ0) is 10.9. The molecule has 1 atom stereocenters. The Morgan fingerprint density at radius 2 is 2.27 bits per heavy atom. The lowest BCUT2D eigenvalue weighted by molar-refractivity contribution is 0.102. The molecule has 2 aromatic rings. The van der Waals surface area contributed by atoms with Crippen molar-refractivity contribution < 1.29 is 5.11 Å². The summed E-state index contributed by atoms with van der Waals surface area (Å²) in [6.07, 6.45) is 3.38. The van der Waals surface area contributed by atoms with Crippen LogP contribution in [0.2, 0.25) is 0 Å². The Balaban J connectivity index is 2.48. The molecule has 15 heavy (non-hydrogen) atoms. The Hall–Kier alpha value is -0.710. The van der Waals surface area contributed by atoms with Crippen molar-refractivity contribution in [2.75, 3.05) is 0 Å². The van der Waals surface area contributed by atoms with Gasteiger partial charge in [0.15, 0.2) is 0 Å². The van der Waals surface area contributed by atoms with Crippen LogP contribution in [0.25, 0.3) is 0 Å². The first kappa shape index (κ1) is 10.8. The van der Waals surface area contributed by atoms with Crippen molar-refractivity contribution >= 4 is 27.3 Å². The van der Waals surface area contributed by atoms with Gasteiger partial charge in [0.1, 0.15) is 5.60 Å². The standard InChI is InChI=1S/C11H10BrNOS/c1-11(14,8-3-2-4-13-5-8)9-6-15-7-10(9)12/h2-7,14H,1H3. The Labute approximate surface area is 101 Å². The number of aromatic nitrogens is 1. The van der Waals surface area contributed by atoms with E-state index in [1.54, 1.807) is 30.7 Å². The van der Waals surface area contributed by atoms with E-state index < -0.39 is 5.60 Å². The molecule has 0 bridgehead atoms. The van der Waals surface area contributed by atoms with Crippen LogP contribution in [0, 0.1) is 0 Å². The van der Waals surface area contributed by atoms with Crippen molar-refractivity contribution in [1.82, 2.24) is 4.98 Å². The van der Waals surface area contributed by atoms with Crippen LogP contribution in [0.3, 0.4) is 0 Å². The highest BCUT2D eigenvalue weighted by Crippen LogP contribution is 2.35. The molecular formula is C11H10BrNOS. The van der Waals surface area contributed by atoms with E-state index in [0.29, 0.717) is 0 Å². The van der Waals surface area contributed by atoms with Gasteiger partial charge >= 0.3 is 0 Å². The van der Waals surface area contributed by atoms with Crippen LogP contribution >= 0.6 is 27.3 Å². The molecule has 78 valence electrons. The predicted octanol–water partition coefficient (Wildman–Crippen LogP) is 3.16. The van der Waals surface area contributed by atoms with E-state index in [0.717, 1.165) is 15.6 Å². The van der Waals surface area contributed by atoms with Gasteiger partial charge in [-0.05, 0) is 34.3 Å². The van der Waals surface area contributed by atoms with Crippen molar-refractivity contribution in [3.8, 4) is 0 Å². The summed E-state index contributed by atoms with van der Waals surface area (Å²) in [6.45, 7) is 1.77. The molecule has 1 N–H and O–H groups in total. The van der Waals surface area contributed by atoms with E-state index in [1.807, 2.05) is 22.9 Å². The fourth-order valence-electron chi connectivity index (χ4n) is 1.44. The highest BCUT2D eigenvalue weighted by atomic mass is 79.9. The molecule has 0 fully saturated rings. The predicted molar refractivity (Wildman–Crippen MR) is 64.9 cm³/mol. The number of hydrogen-bond acceptors (Lipinski definition) is 3. The number of aliphatic hydroxyl groups is 1. The molecule has 1 unspecified atom stereocenters. The maximum Gasteiger partial charge on any atom is 0.115 e. The fourth-order valence-corrected chi connectivity index (χ4v) is 3.22. The van der Waals surface area contributed by atoms with Gasteiger partial charge in [-0.3, -0.25) is 4.98 Å². The first-order valence-corrected chi connectivity index (χ1v) is 6.21. The quantitative estimate of drug-likeness (QED) is 0.919. The van der Waals surface area contributed by atoms with Gasteiger partial charge < -0.3 is 5.11 Å². The van der Waals surface area contributed by atoms with Gasteiger partial charge in [-0.25, -0.2) is 0 Å². The van der Waals surface area contributed by atoms with Crippen LogP contribution in [0.15, 0.2) is 39.8 Å². The molecule has 0 radical (unpaired) electrons. The fraction of sp³-hybridized carbons (Fsp3) is 0.182. The summed E-state index contributed by atoms with van der Waals surface area (Å²) < 4.78 is 0.932. The Morgan fingerprint density at radius 3 is 2.80 bits per heavy atom. The topological polar surface area (TPSA) is 33.1 Å². The average Bonchev–Trinajstić information content (AvgIpc) is 2.66. The highest BCUT2D eigenvalue weighted by molar-refractivity contribution is 9.10. The smallest absolute Gasteiger partial charge is 0.115 e. The van der Waals surface area contributed by atoms with Gasteiger partial charge in [0.05, 0.1) is 0 Å². The molecule has 0 saturated carbocycles. The van der Waals surface area contributed by atoms with Gasteiger partial charge in [-0.2, -0.15) is 11.3 Å². The Morgan fingerprint density at radius 1 is 1.47 bits per heavy atom. The summed E-state index contributed by atoms with van der Waals surface area (Å²) in [6, 6.07) is 3.70. The second kappa shape index (κ2) is 4.04. The van der Waals surface area contributed by atoms with Crippen molar-refractivity contribution in [3.63, 3.8) is 0 Å². The molecule has 0 saturated heterocycles. The lowest BCUT2D eigenvalue weighted by atomic mass is 9.92. The van der Waals surface area contributed by atoms with E-state index in [-0.39, 0.29) is 0 Å². The minimum absolute atomic E-state index is 0.795. The second-order valence-electron chi connectivity index (χ2n) is 3.45. The monoisotopic (exact) mass is 283 g/mol. The number of rotatable bonds is 2. The number of nitrogens with zero attached hydrogens (tertiary/aromatic N) is 1. The van der Waals surface area contributed by atoms with Gasteiger partial charge in [0.2, 0.25) is 0 Å². The van der Waals surface area contributed by atoms with Crippen molar-refractivity contribution in [3.05, 3.63) is 50.9 Å². The van der Waals surface area contributed by atoms with Gasteiger partial charge in [0, 0.05) is 33.4 Å². The number of hydrogen-bond donors (Lipinski definition) is 1. The number of thiophene rings is 1. The maximum atomic E-state index is 10.5. The third-order valence-electron chi connectivity index (χ3n) is 2.36. The highest BCUT2D eigenvalue weighted by Gasteiger charge is 2.28. The summed E-state index contributed by atoms with van der Waals surface area (Å²) in [5.41, 5.74) is 0.678. The van der Waals surface area contributed by atoms with Crippen LogP contribution in [-0.4, -0.2) is 10.1 Å². The lowest BCUT2D eigenvalue weighted by Gasteiger charge is -2.23. The Kier molecular flexibility index (Phi) is 2.91. The van der Waals surface area contributed by atoms with Gasteiger partial charge in [0.25, 0.3) is 0 Å². The summed E-state index contributed by atoms with van der Waals surface area (Å²) in [4.78, 5) is 4.02. The van der Waals surface area contributed by atoms with E-state index in [9.17, 15) is 5.11 Å². The van der Waals surface area contributed by atoms with Gasteiger partial charge in [-0.15, -0.1) is 0 Å². The first-order chi connectivity index (χ1) is 7.12. The molecule has 2 heterocycles. The van der Waals surface area contributed by atoms with E-state index >= 15 is 0 Å².